The van der Waals surface area contributed by atoms with E-state index in [0.717, 1.165) is 0 Å². The summed E-state index contributed by atoms with van der Waals surface area (Å²) in [5, 5.41) is 0. The average Bonchev–Trinajstić information content (AvgIpc) is 2.19. The highest BCUT2D eigenvalue weighted by atomic mass is 19.3. The van der Waals surface area contributed by atoms with Crippen LogP contribution in [-0.4, -0.2) is 19.5 Å². The van der Waals surface area contributed by atoms with Crippen LogP contribution in [-0.2, 0) is 4.79 Å². The average molecular weight is 202 g/mol. The monoisotopic (exact) mass is 202 g/mol. The summed E-state index contributed by atoms with van der Waals surface area (Å²) in [5.41, 5.74) is 0. The van der Waals surface area contributed by atoms with Gasteiger partial charge in [0.25, 0.3) is 0 Å². The fraction of sp³-hybridized carbons (Fsp3) is 0.222. The van der Waals surface area contributed by atoms with Gasteiger partial charge in [-0.25, -0.2) is 4.79 Å². The van der Waals surface area contributed by atoms with Crippen molar-refractivity contribution in [2.45, 2.75) is 6.43 Å². The minimum Gasteiger partial charge on any atom is -0.497 e. The number of rotatable bonds is 3. The first-order valence-electron chi connectivity index (χ1n) is 3.77. The molecule has 1 aromatic carbocycles. The van der Waals surface area contributed by atoms with E-state index >= 15 is 0 Å². The number of benzene rings is 1. The van der Waals surface area contributed by atoms with Gasteiger partial charge in [-0.3, -0.25) is 0 Å². The van der Waals surface area contributed by atoms with Crippen LogP contribution >= 0.6 is 0 Å². The van der Waals surface area contributed by atoms with Gasteiger partial charge in [-0.05, 0) is 24.3 Å². The van der Waals surface area contributed by atoms with Crippen LogP contribution in [0.25, 0.3) is 0 Å². The summed E-state index contributed by atoms with van der Waals surface area (Å²) >= 11 is 0. The number of carbonyl (C=O) groups excluding carboxylic acids is 1. The fourth-order valence-electron chi connectivity index (χ4n) is 0.804. The molecular formula is C9H8F2O3. The topological polar surface area (TPSA) is 35.5 Å². The molecule has 76 valence electrons. The molecule has 0 aromatic heterocycles. The van der Waals surface area contributed by atoms with Crippen molar-refractivity contribution in [3.8, 4) is 11.5 Å². The highest BCUT2D eigenvalue weighted by Gasteiger charge is 2.17. The quantitative estimate of drug-likeness (QED) is 0.554. The number of halogens is 2. The third-order valence-corrected chi connectivity index (χ3v) is 1.46. The van der Waals surface area contributed by atoms with Gasteiger partial charge in [0.1, 0.15) is 11.5 Å². The Balaban J connectivity index is 2.64. The molecule has 0 spiro atoms. The van der Waals surface area contributed by atoms with Crippen molar-refractivity contribution < 1.29 is 23.0 Å². The molecule has 3 nitrogen and oxygen atoms in total. The van der Waals surface area contributed by atoms with Crippen molar-refractivity contribution in [1.29, 1.82) is 0 Å². The molecule has 0 amide bonds. The first-order chi connectivity index (χ1) is 6.63. The normalized spacial score (nSPS) is 10.0. The second-order valence-corrected chi connectivity index (χ2v) is 2.40. The van der Waals surface area contributed by atoms with Gasteiger partial charge in [-0.1, -0.05) is 0 Å². The van der Waals surface area contributed by atoms with Crippen LogP contribution < -0.4 is 9.47 Å². The van der Waals surface area contributed by atoms with E-state index in [4.69, 9.17) is 4.74 Å². The lowest BCUT2D eigenvalue weighted by molar-refractivity contribution is -0.146. The number of hydrogen-bond donors (Lipinski definition) is 0. The molecule has 14 heavy (non-hydrogen) atoms. The molecule has 0 saturated carbocycles. The van der Waals surface area contributed by atoms with Gasteiger partial charge in [0.05, 0.1) is 7.11 Å². The molecule has 0 unspecified atom stereocenters. The maximum atomic E-state index is 11.8. The lowest BCUT2D eigenvalue weighted by Crippen LogP contribution is -2.17. The Kier molecular flexibility index (Phi) is 3.39. The van der Waals surface area contributed by atoms with E-state index in [2.05, 4.69) is 4.74 Å². The first-order valence-corrected chi connectivity index (χ1v) is 3.77. The summed E-state index contributed by atoms with van der Waals surface area (Å²) < 4.78 is 32.7. The van der Waals surface area contributed by atoms with Crippen LogP contribution in [0.5, 0.6) is 11.5 Å². The van der Waals surface area contributed by atoms with Gasteiger partial charge in [0.2, 0.25) is 0 Å². The summed E-state index contributed by atoms with van der Waals surface area (Å²) in [7, 11) is 1.47. The predicted octanol–water partition coefficient (Wildman–Crippen LogP) is 1.87. The molecule has 0 N–H and O–H groups in total. The molecule has 0 heterocycles. The highest BCUT2D eigenvalue weighted by Crippen LogP contribution is 2.17. The molecule has 0 fully saturated rings. The summed E-state index contributed by atoms with van der Waals surface area (Å²) in [4.78, 5) is 10.5. The molecular weight excluding hydrogens is 194 g/mol. The number of methoxy groups -OCH3 is 1. The Bertz CT molecular complexity index is 308. The lowest BCUT2D eigenvalue weighted by atomic mass is 10.3. The minimum atomic E-state index is -3.11. The van der Waals surface area contributed by atoms with Gasteiger partial charge in [0, 0.05) is 0 Å². The van der Waals surface area contributed by atoms with Crippen LogP contribution in [0.3, 0.4) is 0 Å². The first kappa shape index (κ1) is 10.4. The second kappa shape index (κ2) is 4.55. The molecule has 0 saturated heterocycles. The van der Waals surface area contributed by atoms with Gasteiger partial charge < -0.3 is 9.47 Å². The number of esters is 1. The van der Waals surface area contributed by atoms with Crippen LogP contribution in [0.1, 0.15) is 0 Å². The van der Waals surface area contributed by atoms with E-state index in [-0.39, 0.29) is 5.75 Å². The van der Waals surface area contributed by atoms with Gasteiger partial charge in [-0.2, -0.15) is 8.78 Å². The van der Waals surface area contributed by atoms with Crippen LogP contribution in [0.4, 0.5) is 8.78 Å². The molecule has 0 atom stereocenters. The van der Waals surface area contributed by atoms with Crippen LogP contribution in [0.15, 0.2) is 24.3 Å². The fourth-order valence-corrected chi connectivity index (χ4v) is 0.804. The summed E-state index contributed by atoms with van der Waals surface area (Å²) in [6.45, 7) is 0. The van der Waals surface area contributed by atoms with E-state index in [1.807, 2.05) is 0 Å². The second-order valence-electron chi connectivity index (χ2n) is 2.40. The van der Waals surface area contributed by atoms with Gasteiger partial charge in [0.15, 0.2) is 0 Å². The number of ether oxygens (including phenoxy) is 2. The summed E-state index contributed by atoms with van der Waals surface area (Å²) in [6.07, 6.45) is -3.11. The molecule has 0 aliphatic rings. The third-order valence-electron chi connectivity index (χ3n) is 1.46. The van der Waals surface area contributed by atoms with Crippen molar-refractivity contribution in [3.05, 3.63) is 24.3 Å². The Morgan fingerprint density at radius 2 is 1.71 bits per heavy atom. The molecule has 0 bridgehead atoms. The summed E-state index contributed by atoms with van der Waals surface area (Å²) in [6, 6.07) is 5.76. The molecule has 0 radical (unpaired) electrons. The molecule has 0 aliphatic carbocycles. The molecule has 1 aromatic rings. The highest BCUT2D eigenvalue weighted by molar-refractivity contribution is 5.75. The predicted molar refractivity (Wildman–Crippen MR) is 44.6 cm³/mol. The van der Waals surface area contributed by atoms with Crippen molar-refractivity contribution >= 4 is 5.97 Å². The summed E-state index contributed by atoms with van der Waals surface area (Å²) in [5.74, 6) is -0.937. The third kappa shape index (κ3) is 2.69. The molecule has 1 rings (SSSR count). The Hall–Kier alpha value is -1.65. The van der Waals surface area contributed by atoms with Crippen molar-refractivity contribution in [3.63, 3.8) is 0 Å². The maximum Gasteiger partial charge on any atom is 0.379 e. The molecule has 0 aliphatic heterocycles. The zero-order valence-corrected chi connectivity index (χ0v) is 7.37. The SMILES string of the molecule is COc1ccc(OC(=O)C(F)F)cc1. The van der Waals surface area contributed by atoms with Gasteiger partial charge in [-0.15, -0.1) is 0 Å². The van der Waals surface area contributed by atoms with Crippen LogP contribution in [0.2, 0.25) is 0 Å². The number of hydrogen-bond acceptors (Lipinski definition) is 3. The van der Waals surface area contributed by atoms with E-state index in [0.29, 0.717) is 5.75 Å². The number of alkyl halides is 2. The van der Waals surface area contributed by atoms with E-state index < -0.39 is 12.4 Å². The van der Waals surface area contributed by atoms with Crippen molar-refractivity contribution in [2.24, 2.45) is 0 Å². The van der Waals surface area contributed by atoms with Gasteiger partial charge >= 0.3 is 12.4 Å². The Morgan fingerprint density at radius 3 is 2.14 bits per heavy atom. The zero-order valence-electron chi connectivity index (χ0n) is 7.37. The van der Waals surface area contributed by atoms with Crippen molar-refractivity contribution in [1.82, 2.24) is 0 Å². The maximum absolute atomic E-state index is 11.8. The zero-order chi connectivity index (χ0) is 10.6. The standard InChI is InChI=1S/C9H8F2O3/c1-13-6-2-4-7(5-3-6)14-9(12)8(10)11/h2-5,8H,1H3. The number of carbonyl (C=O) groups is 1. The molecule has 5 heteroatoms. The van der Waals surface area contributed by atoms with E-state index in [1.165, 1.54) is 31.4 Å². The smallest absolute Gasteiger partial charge is 0.379 e. The largest absolute Gasteiger partial charge is 0.497 e. The van der Waals surface area contributed by atoms with Crippen molar-refractivity contribution in [2.75, 3.05) is 7.11 Å². The van der Waals surface area contributed by atoms with E-state index in [9.17, 15) is 13.6 Å². The minimum absolute atomic E-state index is 0.0658. The van der Waals surface area contributed by atoms with Crippen LogP contribution in [0, 0.1) is 0 Å². The Morgan fingerprint density at radius 1 is 1.21 bits per heavy atom. The van der Waals surface area contributed by atoms with E-state index in [1.54, 1.807) is 0 Å². The lowest BCUT2D eigenvalue weighted by Gasteiger charge is -2.04. The Labute approximate surface area is 79.2 Å².